The molecule has 1 aromatic heterocycles. The first-order valence-corrected chi connectivity index (χ1v) is 19.7. The minimum Gasteiger partial charge on any atom is -0.321 e. The predicted octanol–water partition coefficient (Wildman–Crippen LogP) is 10.1. The highest BCUT2D eigenvalue weighted by molar-refractivity contribution is 8.00. The van der Waals surface area contributed by atoms with E-state index in [-0.39, 0.29) is 11.6 Å². The van der Waals surface area contributed by atoms with Gasteiger partial charge in [-0.2, -0.15) is 5.26 Å². The number of amides is 3. The molecule has 3 N–H and O–H groups in total. The van der Waals surface area contributed by atoms with Crippen LogP contribution in [-0.2, 0) is 22.4 Å². The molecule has 0 fully saturated rings. The number of aryl methyl sites for hydroxylation is 1. The molecule has 0 bridgehead atoms. The number of hydrogen-bond donors (Lipinski definition) is 3. The summed E-state index contributed by atoms with van der Waals surface area (Å²) >= 11 is 2.85. The third-order valence-electron chi connectivity index (χ3n) is 9.49. The quantitative estimate of drug-likeness (QED) is 0.0900. The summed E-state index contributed by atoms with van der Waals surface area (Å²) in [7, 11) is 0. The number of hydrogen-bond acceptors (Lipinski definition) is 6. The summed E-state index contributed by atoms with van der Waals surface area (Å²) in [5.41, 5.74) is 6.52. The normalized spacial score (nSPS) is 14.2. The molecule has 7 nitrogen and oxygen atoms in total. The van der Waals surface area contributed by atoms with E-state index < -0.39 is 17.1 Å². The molecule has 9 heteroatoms. The molecule has 1 aliphatic rings. The Hall–Kier alpha value is -6.21. The minimum absolute atomic E-state index is 0.0827. The maximum absolute atomic E-state index is 14.2. The number of thiophene rings is 1. The van der Waals surface area contributed by atoms with Crippen molar-refractivity contribution in [2.75, 3.05) is 10.6 Å². The van der Waals surface area contributed by atoms with Gasteiger partial charge in [0.05, 0.1) is 5.56 Å². The summed E-state index contributed by atoms with van der Waals surface area (Å²) in [6.45, 7) is 1.98. The minimum atomic E-state index is -0.656. The van der Waals surface area contributed by atoms with E-state index in [1.165, 1.54) is 28.7 Å². The highest BCUT2D eigenvalue weighted by atomic mass is 32.2. The second-order valence-electron chi connectivity index (χ2n) is 13.3. The number of nitriles is 1. The Bertz CT molecular complexity index is 2390. The molecular weight excluding hydrogens is 721 g/mol. The molecule has 2 unspecified atom stereocenters. The van der Waals surface area contributed by atoms with Crippen LogP contribution in [0.25, 0.3) is 6.08 Å². The van der Waals surface area contributed by atoms with Crippen LogP contribution in [0.4, 0.5) is 10.7 Å². The number of fused-ring (bicyclic) bond motifs is 1. The van der Waals surface area contributed by atoms with Gasteiger partial charge < -0.3 is 16.0 Å². The Labute approximate surface area is 329 Å². The number of nitrogens with zero attached hydrogens (tertiary/aromatic N) is 1. The summed E-state index contributed by atoms with van der Waals surface area (Å²) in [6.07, 6.45) is 4.22. The van der Waals surface area contributed by atoms with Gasteiger partial charge in [0.1, 0.15) is 22.0 Å². The molecule has 0 aliphatic heterocycles. The van der Waals surface area contributed by atoms with Gasteiger partial charge in [-0.25, -0.2) is 0 Å². The second kappa shape index (κ2) is 17.3. The topological polar surface area (TPSA) is 111 Å². The van der Waals surface area contributed by atoms with E-state index in [1.54, 1.807) is 36.4 Å². The van der Waals surface area contributed by atoms with E-state index in [2.05, 4.69) is 46.3 Å². The Morgan fingerprint density at radius 3 is 2.24 bits per heavy atom. The van der Waals surface area contributed by atoms with Crippen LogP contribution >= 0.6 is 23.1 Å². The van der Waals surface area contributed by atoms with Crippen molar-refractivity contribution in [2.45, 2.75) is 42.2 Å². The molecule has 272 valence electrons. The van der Waals surface area contributed by atoms with Gasteiger partial charge in [-0.15, -0.1) is 23.1 Å². The number of benzene rings is 5. The second-order valence-corrected chi connectivity index (χ2v) is 15.6. The lowest BCUT2D eigenvalue weighted by Gasteiger charge is -2.22. The van der Waals surface area contributed by atoms with Crippen LogP contribution in [0.2, 0.25) is 0 Å². The van der Waals surface area contributed by atoms with Crippen molar-refractivity contribution in [3.63, 3.8) is 0 Å². The number of nitrogens with one attached hydrogen (secondary N) is 3. The monoisotopic (exact) mass is 758 g/mol. The lowest BCUT2D eigenvalue weighted by molar-refractivity contribution is -0.116. The molecule has 0 spiro atoms. The van der Waals surface area contributed by atoms with Gasteiger partial charge in [0.2, 0.25) is 5.91 Å². The molecule has 2 atom stereocenters. The Kier molecular flexibility index (Phi) is 11.7. The summed E-state index contributed by atoms with van der Waals surface area (Å²) in [6, 6.07) is 46.0. The number of anilines is 2. The van der Waals surface area contributed by atoms with Gasteiger partial charge in [0.25, 0.3) is 11.8 Å². The van der Waals surface area contributed by atoms with E-state index in [4.69, 9.17) is 0 Å². The molecule has 1 heterocycles. The molecule has 0 saturated heterocycles. The maximum atomic E-state index is 14.2. The summed E-state index contributed by atoms with van der Waals surface area (Å²) in [5, 5.41) is 19.0. The smallest absolute Gasteiger partial charge is 0.272 e. The maximum Gasteiger partial charge on any atom is 0.272 e. The predicted molar refractivity (Wildman–Crippen MR) is 222 cm³/mol. The fourth-order valence-corrected chi connectivity index (χ4v) is 9.00. The molecule has 0 radical (unpaired) electrons. The zero-order valence-corrected chi connectivity index (χ0v) is 31.8. The molecule has 55 heavy (non-hydrogen) atoms. The van der Waals surface area contributed by atoms with Gasteiger partial charge in [-0.1, -0.05) is 115 Å². The van der Waals surface area contributed by atoms with Crippen molar-refractivity contribution in [1.82, 2.24) is 5.32 Å². The van der Waals surface area contributed by atoms with Crippen molar-refractivity contribution >= 4 is 57.6 Å². The molecule has 1 aliphatic carbocycles. The SMILES string of the molecule is Cc1ccc(/C=C(\NC(=O)c2ccccc2)C(=O)Nc2cccc(SC(C(=O)Nc3sc4c(c3C#N)CCC(c3ccccc3)C4)c3ccccc3)c2)cc1. The first-order chi connectivity index (χ1) is 26.8. The highest BCUT2D eigenvalue weighted by Crippen LogP contribution is 2.44. The van der Waals surface area contributed by atoms with E-state index in [1.807, 2.05) is 91.9 Å². The molecule has 7 rings (SSSR count). The van der Waals surface area contributed by atoms with Crippen molar-refractivity contribution in [3.05, 3.63) is 189 Å². The lowest BCUT2D eigenvalue weighted by atomic mass is 9.83. The van der Waals surface area contributed by atoms with Crippen molar-refractivity contribution < 1.29 is 14.4 Å². The van der Waals surface area contributed by atoms with Gasteiger partial charge in [-0.3, -0.25) is 14.4 Å². The van der Waals surface area contributed by atoms with Crippen LogP contribution < -0.4 is 16.0 Å². The van der Waals surface area contributed by atoms with Gasteiger partial charge in [0.15, 0.2) is 0 Å². The number of carbonyl (C=O) groups excluding carboxylic acids is 3. The summed E-state index contributed by atoms with van der Waals surface area (Å²) in [4.78, 5) is 43.0. The molecule has 0 saturated carbocycles. The Morgan fingerprint density at radius 1 is 0.836 bits per heavy atom. The third-order valence-corrected chi connectivity index (χ3v) is 11.9. The first-order valence-electron chi connectivity index (χ1n) is 18.0. The highest BCUT2D eigenvalue weighted by Gasteiger charge is 2.29. The van der Waals surface area contributed by atoms with Crippen molar-refractivity contribution in [2.24, 2.45) is 0 Å². The average Bonchev–Trinajstić information content (AvgIpc) is 3.57. The van der Waals surface area contributed by atoms with Crippen LogP contribution in [0, 0.1) is 18.3 Å². The Balaban J connectivity index is 1.11. The van der Waals surface area contributed by atoms with E-state index in [9.17, 15) is 19.6 Å². The van der Waals surface area contributed by atoms with Crippen LogP contribution in [0.5, 0.6) is 0 Å². The van der Waals surface area contributed by atoms with Gasteiger partial charge in [-0.05, 0) is 90.8 Å². The largest absolute Gasteiger partial charge is 0.321 e. The zero-order chi connectivity index (χ0) is 38.1. The fraction of sp³-hybridized carbons (Fsp3) is 0.130. The number of rotatable bonds is 11. The third kappa shape index (κ3) is 9.13. The zero-order valence-electron chi connectivity index (χ0n) is 30.1. The van der Waals surface area contributed by atoms with Gasteiger partial charge >= 0.3 is 0 Å². The van der Waals surface area contributed by atoms with Crippen LogP contribution in [0.15, 0.2) is 150 Å². The van der Waals surface area contributed by atoms with E-state index >= 15 is 0 Å². The molecule has 6 aromatic rings. The molecular formula is C46H38N4O3S2. The number of thioether (sulfide) groups is 1. The van der Waals surface area contributed by atoms with Crippen molar-refractivity contribution in [3.8, 4) is 6.07 Å². The number of carbonyl (C=O) groups is 3. The summed E-state index contributed by atoms with van der Waals surface area (Å²) in [5.74, 6) is -0.772. The van der Waals surface area contributed by atoms with Crippen molar-refractivity contribution in [1.29, 1.82) is 5.26 Å². The average molecular weight is 759 g/mol. The van der Waals surface area contributed by atoms with Crippen LogP contribution in [0.3, 0.4) is 0 Å². The molecule has 3 amide bonds. The standard InChI is InChI=1S/C46H38N4O3S2/c1-30-20-22-31(23-21-30)26-40(49-43(51)34-16-9-4-10-17-34)44(52)48-36-18-11-19-37(28-36)54-42(33-14-7-3-8-15-33)45(53)50-46-39(29-47)38-25-24-35(27-41(38)55-46)32-12-5-2-6-13-32/h2-23,26,28,35,42H,24-25,27H2,1H3,(H,48,52)(H,49,51)(H,50,53)/b40-26-. The van der Waals surface area contributed by atoms with E-state index in [0.717, 1.165) is 51.3 Å². The lowest BCUT2D eigenvalue weighted by Crippen LogP contribution is -2.30. The summed E-state index contributed by atoms with van der Waals surface area (Å²) < 4.78 is 0. The van der Waals surface area contributed by atoms with Crippen LogP contribution in [-0.4, -0.2) is 17.7 Å². The van der Waals surface area contributed by atoms with Crippen LogP contribution in [0.1, 0.15) is 66.2 Å². The Morgan fingerprint density at radius 2 is 1.53 bits per heavy atom. The van der Waals surface area contributed by atoms with E-state index in [0.29, 0.717) is 27.7 Å². The van der Waals surface area contributed by atoms with Gasteiger partial charge in [0, 0.05) is 21.0 Å². The first kappa shape index (κ1) is 37.1. The fourth-order valence-electron chi connectivity index (χ4n) is 6.63. The molecule has 5 aromatic carbocycles.